The second kappa shape index (κ2) is 7.67. The summed E-state index contributed by atoms with van der Waals surface area (Å²) in [6.45, 7) is 1.54. The molecule has 140 valence electrons. The van der Waals surface area contributed by atoms with Crippen LogP contribution in [0.5, 0.6) is 0 Å². The van der Waals surface area contributed by atoms with Crippen LogP contribution in [-0.2, 0) is 12.7 Å². The number of alkyl halides is 3. The Labute approximate surface area is 148 Å². The van der Waals surface area contributed by atoms with Crippen molar-refractivity contribution in [1.29, 1.82) is 0 Å². The summed E-state index contributed by atoms with van der Waals surface area (Å²) >= 11 is 0. The van der Waals surface area contributed by atoms with E-state index >= 15 is 0 Å². The van der Waals surface area contributed by atoms with Crippen LogP contribution < -0.4 is 15.5 Å². The third-order valence-corrected chi connectivity index (χ3v) is 4.23. The lowest BCUT2D eigenvalue weighted by Gasteiger charge is -2.33. The fourth-order valence-electron chi connectivity index (χ4n) is 2.81. The number of carbonyl (C=O) groups is 1. The van der Waals surface area contributed by atoms with E-state index in [4.69, 9.17) is 4.42 Å². The van der Waals surface area contributed by atoms with Crippen LogP contribution in [-0.4, -0.2) is 30.1 Å². The Balaban J connectivity index is 1.44. The molecule has 0 atom stereocenters. The van der Waals surface area contributed by atoms with E-state index in [0.717, 1.165) is 12.3 Å². The summed E-state index contributed by atoms with van der Waals surface area (Å²) in [6.07, 6.45) is -0.610. The van der Waals surface area contributed by atoms with Crippen molar-refractivity contribution in [2.45, 2.75) is 31.6 Å². The number of amides is 2. The molecule has 2 N–H and O–H groups in total. The molecule has 2 aromatic rings. The summed E-state index contributed by atoms with van der Waals surface area (Å²) in [7, 11) is 0. The van der Waals surface area contributed by atoms with E-state index < -0.39 is 11.7 Å². The lowest BCUT2D eigenvalue weighted by atomic mass is 10.1. The number of rotatable bonds is 4. The maximum Gasteiger partial charge on any atom is 0.417 e. The SMILES string of the molecule is O=C(NCc1ccco1)NC1CCN(c2ccc(C(F)(F)F)cn2)CC1. The van der Waals surface area contributed by atoms with E-state index in [0.29, 0.717) is 44.1 Å². The number of urea groups is 1. The molecule has 1 saturated heterocycles. The molecule has 1 fully saturated rings. The smallest absolute Gasteiger partial charge is 0.417 e. The van der Waals surface area contributed by atoms with Gasteiger partial charge in [0, 0.05) is 25.3 Å². The van der Waals surface area contributed by atoms with Crippen LogP contribution in [0.1, 0.15) is 24.2 Å². The van der Waals surface area contributed by atoms with Gasteiger partial charge in [0.2, 0.25) is 0 Å². The van der Waals surface area contributed by atoms with Crippen LogP contribution in [0.15, 0.2) is 41.1 Å². The largest absolute Gasteiger partial charge is 0.467 e. The number of aromatic nitrogens is 1. The Hall–Kier alpha value is -2.71. The minimum Gasteiger partial charge on any atom is -0.467 e. The van der Waals surface area contributed by atoms with Crippen LogP contribution >= 0.6 is 0 Å². The molecule has 1 aliphatic rings. The number of hydrogen-bond donors (Lipinski definition) is 2. The zero-order chi connectivity index (χ0) is 18.6. The minimum absolute atomic E-state index is 0.0114. The van der Waals surface area contributed by atoms with Gasteiger partial charge in [0.1, 0.15) is 11.6 Å². The summed E-state index contributed by atoms with van der Waals surface area (Å²) in [4.78, 5) is 17.7. The highest BCUT2D eigenvalue weighted by atomic mass is 19.4. The quantitative estimate of drug-likeness (QED) is 0.870. The van der Waals surface area contributed by atoms with Crippen LogP contribution in [0, 0.1) is 0 Å². The second-order valence-corrected chi connectivity index (χ2v) is 6.07. The predicted octanol–water partition coefficient (Wildman–Crippen LogP) is 3.16. The van der Waals surface area contributed by atoms with E-state index in [1.54, 1.807) is 18.4 Å². The van der Waals surface area contributed by atoms with E-state index in [-0.39, 0.29) is 12.1 Å². The fourth-order valence-corrected chi connectivity index (χ4v) is 2.81. The van der Waals surface area contributed by atoms with Crippen LogP contribution in [0.2, 0.25) is 0 Å². The molecule has 0 aromatic carbocycles. The highest BCUT2D eigenvalue weighted by molar-refractivity contribution is 5.74. The maximum absolute atomic E-state index is 12.6. The number of nitrogens with one attached hydrogen (secondary N) is 2. The highest BCUT2D eigenvalue weighted by Gasteiger charge is 2.31. The topological polar surface area (TPSA) is 70.4 Å². The van der Waals surface area contributed by atoms with Crippen molar-refractivity contribution in [3.8, 4) is 0 Å². The maximum atomic E-state index is 12.6. The van der Waals surface area contributed by atoms with Crippen LogP contribution in [0.25, 0.3) is 0 Å². The molecule has 0 unspecified atom stereocenters. The molecule has 6 nitrogen and oxygen atoms in total. The lowest BCUT2D eigenvalue weighted by Crippen LogP contribution is -2.48. The first-order chi connectivity index (χ1) is 12.4. The second-order valence-electron chi connectivity index (χ2n) is 6.07. The molecule has 0 aliphatic carbocycles. The van der Waals surface area contributed by atoms with Gasteiger partial charge in [0.25, 0.3) is 0 Å². The molecule has 2 aromatic heterocycles. The number of piperidine rings is 1. The molecule has 3 rings (SSSR count). The molecule has 9 heteroatoms. The Morgan fingerprint density at radius 2 is 2.04 bits per heavy atom. The molecular formula is C17H19F3N4O2. The van der Waals surface area contributed by atoms with E-state index in [2.05, 4.69) is 15.6 Å². The van der Waals surface area contributed by atoms with Gasteiger partial charge in [-0.2, -0.15) is 13.2 Å². The van der Waals surface area contributed by atoms with Crippen molar-refractivity contribution in [1.82, 2.24) is 15.6 Å². The van der Waals surface area contributed by atoms with E-state index in [9.17, 15) is 18.0 Å². The summed E-state index contributed by atoms with van der Waals surface area (Å²) in [5.41, 5.74) is -0.758. The summed E-state index contributed by atoms with van der Waals surface area (Å²) < 4.78 is 42.9. The monoisotopic (exact) mass is 368 g/mol. The average molecular weight is 368 g/mol. The standard InChI is InChI=1S/C17H19F3N4O2/c18-17(19,20)12-3-4-15(21-10-12)24-7-5-13(6-8-24)23-16(25)22-11-14-2-1-9-26-14/h1-4,9-10,13H,5-8,11H2,(H2,22,23,25). The van der Waals surface area contributed by atoms with Crippen molar-refractivity contribution in [3.63, 3.8) is 0 Å². The molecule has 2 amide bonds. The zero-order valence-electron chi connectivity index (χ0n) is 13.9. The van der Waals surface area contributed by atoms with Gasteiger partial charge in [-0.05, 0) is 37.1 Å². The molecule has 0 bridgehead atoms. The number of nitrogens with zero attached hydrogens (tertiary/aromatic N) is 2. The molecule has 3 heterocycles. The van der Waals surface area contributed by atoms with Crippen molar-refractivity contribution in [3.05, 3.63) is 48.0 Å². The number of hydrogen-bond acceptors (Lipinski definition) is 4. The predicted molar refractivity (Wildman–Crippen MR) is 88.6 cm³/mol. The fraction of sp³-hybridized carbons (Fsp3) is 0.412. The third-order valence-electron chi connectivity index (χ3n) is 4.23. The number of carbonyl (C=O) groups excluding carboxylic acids is 1. The molecular weight excluding hydrogens is 349 g/mol. The molecule has 0 radical (unpaired) electrons. The average Bonchev–Trinajstić information content (AvgIpc) is 3.14. The summed E-state index contributed by atoms with van der Waals surface area (Å²) in [5.74, 6) is 1.18. The van der Waals surface area contributed by atoms with Gasteiger partial charge >= 0.3 is 12.2 Å². The Kier molecular flexibility index (Phi) is 5.34. The molecule has 26 heavy (non-hydrogen) atoms. The summed E-state index contributed by atoms with van der Waals surface area (Å²) in [5, 5.41) is 5.61. The Bertz CT molecular complexity index is 709. The molecule has 0 spiro atoms. The summed E-state index contributed by atoms with van der Waals surface area (Å²) in [6, 6.07) is 5.68. The normalized spacial score (nSPS) is 15.7. The van der Waals surface area contributed by atoms with Crippen molar-refractivity contribution >= 4 is 11.8 Å². The van der Waals surface area contributed by atoms with Gasteiger partial charge < -0.3 is 20.0 Å². The first-order valence-corrected chi connectivity index (χ1v) is 8.27. The van der Waals surface area contributed by atoms with Crippen LogP contribution in [0.4, 0.5) is 23.8 Å². The van der Waals surface area contributed by atoms with Crippen molar-refractivity contribution in [2.75, 3.05) is 18.0 Å². The van der Waals surface area contributed by atoms with Gasteiger partial charge in [-0.3, -0.25) is 0 Å². The van der Waals surface area contributed by atoms with Gasteiger partial charge in [-0.1, -0.05) is 0 Å². The Morgan fingerprint density at radius 1 is 1.27 bits per heavy atom. The first-order valence-electron chi connectivity index (χ1n) is 8.27. The molecule has 0 saturated carbocycles. The van der Waals surface area contributed by atoms with Gasteiger partial charge in [-0.15, -0.1) is 0 Å². The first kappa shape index (κ1) is 18.1. The van der Waals surface area contributed by atoms with Crippen LogP contribution in [0.3, 0.4) is 0 Å². The van der Waals surface area contributed by atoms with E-state index in [1.807, 2.05) is 4.90 Å². The lowest BCUT2D eigenvalue weighted by molar-refractivity contribution is -0.137. The van der Waals surface area contributed by atoms with Gasteiger partial charge in [0.05, 0.1) is 18.4 Å². The van der Waals surface area contributed by atoms with Gasteiger partial charge in [0.15, 0.2) is 0 Å². The zero-order valence-corrected chi connectivity index (χ0v) is 13.9. The number of furan rings is 1. The number of pyridine rings is 1. The van der Waals surface area contributed by atoms with Crippen molar-refractivity contribution in [2.24, 2.45) is 0 Å². The number of anilines is 1. The van der Waals surface area contributed by atoms with Crippen molar-refractivity contribution < 1.29 is 22.4 Å². The Morgan fingerprint density at radius 3 is 2.62 bits per heavy atom. The molecule has 1 aliphatic heterocycles. The highest BCUT2D eigenvalue weighted by Crippen LogP contribution is 2.29. The third kappa shape index (κ3) is 4.68. The minimum atomic E-state index is -4.38. The van der Waals surface area contributed by atoms with Gasteiger partial charge in [-0.25, -0.2) is 9.78 Å². The number of halogens is 3. The van der Waals surface area contributed by atoms with E-state index in [1.165, 1.54) is 6.07 Å².